The van der Waals surface area contributed by atoms with E-state index in [1.807, 2.05) is 44.4 Å². The van der Waals surface area contributed by atoms with E-state index in [0.717, 1.165) is 16.5 Å². The summed E-state index contributed by atoms with van der Waals surface area (Å²) in [6, 6.07) is 3.03. The van der Waals surface area contributed by atoms with Crippen molar-refractivity contribution in [1.29, 1.82) is 0 Å². The topological polar surface area (TPSA) is 247 Å². The second kappa shape index (κ2) is 19.5. The number of amides is 4. The highest BCUT2D eigenvalue weighted by atomic mass is 32.2. The zero-order valence-corrected chi connectivity index (χ0v) is 26.9. The van der Waals surface area contributed by atoms with Crippen molar-refractivity contribution in [2.75, 3.05) is 12.0 Å². The molecule has 47 heavy (non-hydrogen) atoms. The fourth-order valence-corrected chi connectivity index (χ4v) is 4.49. The van der Waals surface area contributed by atoms with Gasteiger partial charge >= 0.3 is 18.1 Å². The van der Waals surface area contributed by atoms with Crippen molar-refractivity contribution in [2.24, 2.45) is 17.4 Å². The molecule has 10 N–H and O–H groups in total. The summed E-state index contributed by atoms with van der Waals surface area (Å²) in [4.78, 5) is 74.6. The van der Waals surface area contributed by atoms with Gasteiger partial charge in [-0.1, -0.05) is 32.0 Å². The third kappa shape index (κ3) is 14.9. The second-order valence-electron chi connectivity index (χ2n) is 10.9. The molecule has 0 saturated carbocycles. The molecule has 0 spiro atoms. The van der Waals surface area contributed by atoms with Crippen molar-refractivity contribution in [1.82, 2.24) is 20.9 Å². The number of nitrogens with one attached hydrogen (secondary N) is 4. The highest BCUT2D eigenvalue weighted by Crippen LogP contribution is 2.19. The van der Waals surface area contributed by atoms with E-state index < -0.39 is 72.3 Å². The molecule has 18 heteroatoms. The first kappa shape index (κ1) is 40.9. The number of H-pyrrole nitrogens is 1. The number of aliphatic carboxylic acids is 2. The van der Waals surface area contributed by atoms with Gasteiger partial charge in [-0.05, 0) is 55.2 Å². The molecule has 1 aromatic heterocycles. The van der Waals surface area contributed by atoms with Crippen LogP contribution >= 0.6 is 11.8 Å². The lowest BCUT2D eigenvalue weighted by atomic mass is 10.0. The number of thioether (sulfide) groups is 1. The number of hydrogen-bond donors (Lipinski definition) is 8. The second-order valence-corrected chi connectivity index (χ2v) is 11.9. The standard InChI is InChI=1S/C27H40N6O6S.C2HF3O2/c1-15(2)8-9-18(28)24(36)33-27(39)22(13-23(34)35)32-26(38)21(10-11-40-3)31-25(37)19(29)12-16-14-30-20-7-5-4-6-17(16)20;3-2(4,5)1(6)7/h4-7,14-15,18-19,21-22,30H,8-13,28-29H2,1-3H3,(H,31,37)(H,32,38)(H,34,35)(H,33,36,39);(H,6,7)/t18?,19-,21-,22-;/m0./s1. The van der Waals surface area contributed by atoms with Gasteiger partial charge in [0, 0.05) is 17.1 Å². The van der Waals surface area contributed by atoms with E-state index in [1.165, 1.54) is 11.8 Å². The van der Waals surface area contributed by atoms with Gasteiger partial charge in [0.05, 0.1) is 18.5 Å². The first-order chi connectivity index (χ1) is 21.9. The number of aromatic amines is 1. The number of imide groups is 1. The minimum Gasteiger partial charge on any atom is -0.481 e. The summed E-state index contributed by atoms with van der Waals surface area (Å²) in [6.07, 6.45) is -0.814. The van der Waals surface area contributed by atoms with Crippen LogP contribution in [0.15, 0.2) is 30.5 Å². The van der Waals surface area contributed by atoms with Crippen LogP contribution in [0.5, 0.6) is 0 Å². The number of aromatic nitrogens is 1. The van der Waals surface area contributed by atoms with E-state index in [0.29, 0.717) is 24.5 Å². The van der Waals surface area contributed by atoms with Gasteiger partial charge in [0.1, 0.15) is 12.1 Å². The number of halogens is 3. The average molecular weight is 691 g/mol. The van der Waals surface area contributed by atoms with Crippen LogP contribution in [0.4, 0.5) is 13.2 Å². The SMILES string of the molecule is CSCC[C@H](NC(=O)[C@@H](N)Cc1c[nH]c2ccccc12)C(=O)N[C@@H](CC(=O)O)C(=O)NC(=O)C(N)CCC(C)C.O=C(O)C(F)(F)F. The molecule has 4 amide bonds. The zero-order valence-electron chi connectivity index (χ0n) is 26.1. The Kier molecular flexibility index (Phi) is 16.9. The van der Waals surface area contributed by atoms with Crippen molar-refractivity contribution in [3.05, 3.63) is 36.0 Å². The molecular weight excluding hydrogens is 649 g/mol. The minimum atomic E-state index is -5.08. The maximum Gasteiger partial charge on any atom is 0.490 e. The van der Waals surface area contributed by atoms with E-state index in [4.69, 9.17) is 21.4 Å². The number of hydrogen-bond acceptors (Lipinski definition) is 9. The number of benzene rings is 1. The summed E-state index contributed by atoms with van der Waals surface area (Å²) in [7, 11) is 0. The number of carbonyl (C=O) groups excluding carboxylic acids is 4. The third-order valence-corrected chi connectivity index (χ3v) is 7.23. The molecule has 2 aromatic rings. The van der Waals surface area contributed by atoms with Crippen LogP contribution in [0, 0.1) is 5.92 Å². The van der Waals surface area contributed by atoms with E-state index in [9.17, 15) is 42.3 Å². The third-order valence-electron chi connectivity index (χ3n) is 6.59. The van der Waals surface area contributed by atoms with Gasteiger partial charge in [0.25, 0.3) is 0 Å². The fourth-order valence-electron chi connectivity index (χ4n) is 4.01. The zero-order chi connectivity index (χ0) is 35.9. The Morgan fingerprint density at radius 3 is 2.02 bits per heavy atom. The molecule has 0 bridgehead atoms. The van der Waals surface area contributed by atoms with E-state index >= 15 is 0 Å². The highest BCUT2D eigenvalue weighted by Gasteiger charge is 2.38. The number of alkyl halides is 3. The molecule has 262 valence electrons. The molecule has 4 atom stereocenters. The highest BCUT2D eigenvalue weighted by molar-refractivity contribution is 7.98. The quantitative estimate of drug-likeness (QED) is 0.125. The average Bonchev–Trinajstić information content (AvgIpc) is 3.39. The molecule has 0 aliphatic rings. The van der Waals surface area contributed by atoms with Crippen molar-refractivity contribution < 1.29 is 52.2 Å². The smallest absolute Gasteiger partial charge is 0.481 e. The number of carboxylic acids is 2. The van der Waals surface area contributed by atoms with Crippen LogP contribution in [0.3, 0.4) is 0 Å². The van der Waals surface area contributed by atoms with Crippen molar-refractivity contribution >= 4 is 58.2 Å². The fraction of sp³-hybridized carbons (Fsp3) is 0.517. The monoisotopic (exact) mass is 690 g/mol. The van der Waals surface area contributed by atoms with Crippen molar-refractivity contribution in [3.63, 3.8) is 0 Å². The van der Waals surface area contributed by atoms with Crippen molar-refractivity contribution in [3.8, 4) is 0 Å². The molecule has 2 rings (SSSR count). The maximum absolute atomic E-state index is 13.1. The Hall–Kier alpha value is -4.16. The molecule has 0 fully saturated rings. The van der Waals surface area contributed by atoms with E-state index in [2.05, 4.69) is 20.9 Å². The number of rotatable bonds is 16. The van der Waals surface area contributed by atoms with Crippen LogP contribution in [-0.4, -0.2) is 93.1 Å². The molecular formula is C29H41F3N6O8S. The Bertz CT molecular complexity index is 1390. The van der Waals surface area contributed by atoms with Crippen LogP contribution in [-0.2, 0) is 35.2 Å². The number of carboxylic acid groups (broad SMARTS) is 2. The summed E-state index contributed by atoms with van der Waals surface area (Å²) in [6.45, 7) is 3.94. The molecule has 0 aliphatic carbocycles. The van der Waals surface area contributed by atoms with Gasteiger partial charge in [-0.25, -0.2) is 4.79 Å². The van der Waals surface area contributed by atoms with Crippen LogP contribution in [0.1, 0.15) is 45.1 Å². The van der Waals surface area contributed by atoms with Crippen molar-refractivity contribution in [2.45, 2.75) is 76.3 Å². The van der Waals surface area contributed by atoms with Gasteiger partial charge in [-0.2, -0.15) is 24.9 Å². The van der Waals surface area contributed by atoms with E-state index in [-0.39, 0.29) is 12.8 Å². The van der Waals surface area contributed by atoms with Gasteiger partial charge in [-0.15, -0.1) is 0 Å². The van der Waals surface area contributed by atoms with Gasteiger partial charge < -0.3 is 37.3 Å². The first-order valence-corrected chi connectivity index (χ1v) is 15.8. The van der Waals surface area contributed by atoms with Gasteiger partial charge in [0.2, 0.25) is 23.6 Å². The van der Waals surface area contributed by atoms with Gasteiger partial charge in [0.15, 0.2) is 0 Å². The van der Waals surface area contributed by atoms with Crippen LogP contribution < -0.4 is 27.4 Å². The number of para-hydroxylation sites is 1. The lowest BCUT2D eigenvalue weighted by Gasteiger charge is -2.23. The Labute approximate surface area is 272 Å². The van der Waals surface area contributed by atoms with Crippen LogP contribution in [0.25, 0.3) is 10.9 Å². The summed E-state index contributed by atoms with van der Waals surface area (Å²) in [5.41, 5.74) is 13.8. The Morgan fingerprint density at radius 1 is 0.872 bits per heavy atom. The van der Waals surface area contributed by atoms with Crippen LogP contribution in [0.2, 0.25) is 0 Å². The largest absolute Gasteiger partial charge is 0.490 e. The normalized spacial score (nSPS) is 13.8. The maximum atomic E-state index is 13.1. The lowest BCUT2D eigenvalue weighted by molar-refractivity contribution is -0.192. The summed E-state index contributed by atoms with van der Waals surface area (Å²) >= 11 is 1.44. The molecule has 14 nitrogen and oxygen atoms in total. The van der Waals surface area contributed by atoms with E-state index in [1.54, 1.807) is 6.20 Å². The number of carbonyl (C=O) groups is 6. The Balaban J connectivity index is 0.00000141. The summed E-state index contributed by atoms with van der Waals surface area (Å²) in [5, 5.41) is 24.5. The Morgan fingerprint density at radius 2 is 1.47 bits per heavy atom. The molecule has 0 saturated heterocycles. The summed E-state index contributed by atoms with van der Waals surface area (Å²) < 4.78 is 31.7. The number of fused-ring (bicyclic) bond motifs is 1. The predicted molar refractivity (Wildman–Crippen MR) is 168 cm³/mol. The lowest BCUT2D eigenvalue weighted by Crippen LogP contribution is -2.57. The summed E-state index contributed by atoms with van der Waals surface area (Å²) in [5.74, 6) is -6.41. The minimum absolute atomic E-state index is 0.207. The first-order valence-electron chi connectivity index (χ1n) is 14.4. The molecule has 0 radical (unpaired) electrons. The number of nitrogens with two attached hydrogens (primary N) is 2. The molecule has 1 aromatic carbocycles. The molecule has 0 aliphatic heterocycles. The molecule has 1 unspecified atom stereocenters. The predicted octanol–water partition coefficient (Wildman–Crippen LogP) is 1.27. The molecule has 1 heterocycles. The van der Waals surface area contributed by atoms with Gasteiger partial charge in [-0.3, -0.25) is 29.3 Å².